The fourth-order valence-corrected chi connectivity index (χ4v) is 2.82. The van der Waals surface area contributed by atoms with Gasteiger partial charge in [0.05, 0.1) is 19.6 Å². The van der Waals surface area contributed by atoms with Crippen LogP contribution in [0, 0.1) is 0 Å². The predicted octanol–water partition coefficient (Wildman–Crippen LogP) is 1.72. The summed E-state index contributed by atoms with van der Waals surface area (Å²) in [5, 5.41) is 9.90. The van der Waals surface area contributed by atoms with Crippen LogP contribution in [0.5, 0.6) is 0 Å². The second kappa shape index (κ2) is 15.8. The second-order valence-corrected chi connectivity index (χ2v) is 6.13. The van der Waals surface area contributed by atoms with E-state index in [1.165, 1.54) is 83.8 Å². The maximum absolute atomic E-state index is 9.90. The van der Waals surface area contributed by atoms with Crippen molar-refractivity contribution in [3.63, 3.8) is 0 Å². The van der Waals surface area contributed by atoms with Crippen molar-refractivity contribution in [3.05, 3.63) is 0 Å². The summed E-state index contributed by atoms with van der Waals surface area (Å²) in [6.45, 7) is 10.7. The average Bonchev–Trinajstić information content (AvgIpc) is 2.43. The highest BCUT2D eigenvalue weighted by molar-refractivity contribution is 4.48. The van der Waals surface area contributed by atoms with Gasteiger partial charge < -0.3 is 26.6 Å². The van der Waals surface area contributed by atoms with Gasteiger partial charge in [-0.3, -0.25) is 0 Å². The molecule has 0 bridgehead atoms. The summed E-state index contributed by atoms with van der Waals surface area (Å²) in [5.74, 6) is 0. The molecule has 20 heavy (non-hydrogen) atoms. The molecule has 0 radical (unpaired) electrons. The van der Waals surface area contributed by atoms with Crippen molar-refractivity contribution in [2.24, 2.45) is 0 Å². The van der Waals surface area contributed by atoms with Gasteiger partial charge in [-0.05, 0) is 38.5 Å². The number of nitrogens with zero attached hydrogens (tertiary/aromatic N) is 1. The second-order valence-electron chi connectivity index (χ2n) is 6.13. The Balaban J connectivity index is 0. The maximum Gasteiger partial charge on any atom is 0.180 e. The van der Waals surface area contributed by atoms with Crippen molar-refractivity contribution >= 4 is 0 Å². The van der Waals surface area contributed by atoms with Crippen molar-refractivity contribution in [1.82, 2.24) is 0 Å². The maximum atomic E-state index is 9.90. The Labute approximate surface area is 138 Å². The molecule has 0 amide bonds. The summed E-state index contributed by atoms with van der Waals surface area (Å²) >= 11 is 0. The first-order valence-electron chi connectivity index (χ1n) is 8.70. The molecule has 0 aliphatic heterocycles. The molecule has 1 N–H and O–H groups in total. The standard InChI is InChI=1S/C17H38NO.BrH/c1-4-7-10-13-16-18(17-19,14-11-8-5-2)15-12-9-6-3;/h19H,4-17H2,1-3H3;1H/q+1;/p-1. The van der Waals surface area contributed by atoms with Gasteiger partial charge in [0.1, 0.15) is 0 Å². The minimum Gasteiger partial charge on any atom is -1.00 e. The van der Waals surface area contributed by atoms with E-state index < -0.39 is 0 Å². The van der Waals surface area contributed by atoms with E-state index in [9.17, 15) is 5.11 Å². The molecule has 0 atom stereocenters. The van der Waals surface area contributed by atoms with Crippen LogP contribution in [0.1, 0.15) is 85.0 Å². The number of aliphatic hydroxyl groups is 1. The zero-order chi connectivity index (χ0) is 14.4. The van der Waals surface area contributed by atoms with Gasteiger partial charge in [-0.1, -0.05) is 46.5 Å². The van der Waals surface area contributed by atoms with Crippen LogP contribution in [0.4, 0.5) is 0 Å². The first-order valence-corrected chi connectivity index (χ1v) is 8.70. The van der Waals surface area contributed by atoms with E-state index in [1.807, 2.05) is 0 Å². The molecule has 0 fully saturated rings. The Morgan fingerprint density at radius 2 is 0.950 bits per heavy atom. The predicted molar refractivity (Wildman–Crippen MR) is 85.1 cm³/mol. The lowest BCUT2D eigenvalue weighted by atomic mass is 10.1. The molecule has 0 spiro atoms. The topological polar surface area (TPSA) is 20.2 Å². The molecule has 0 aliphatic carbocycles. The SMILES string of the molecule is CCCCCC[N+](CO)(CCCCC)CCCCC.[Br-]. The Morgan fingerprint density at radius 1 is 0.600 bits per heavy atom. The van der Waals surface area contributed by atoms with Gasteiger partial charge in [0.2, 0.25) is 0 Å². The van der Waals surface area contributed by atoms with Crippen molar-refractivity contribution in [2.75, 3.05) is 26.4 Å². The van der Waals surface area contributed by atoms with Gasteiger partial charge >= 0.3 is 0 Å². The average molecular weight is 352 g/mol. The molecular formula is C17H38BrNO. The summed E-state index contributed by atoms with van der Waals surface area (Å²) < 4.78 is 0.962. The number of hydrogen-bond donors (Lipinski definition) is 1. The van der Waals surface area contributed by atoms with Crippen molar-refractivity contribution in [1.29, 1.82) is 0 Å². The van der Waals surface area contributed by atoms with Crippen molar-refractivity contribution in [2.45, 2.75) is 85.0 Å². The van der Waals surface area contributed by atoms with Crippen LogP contribution >= 0.6 is 0 Å². The molecule has 0 saturated carbocycles. The summed E-state index contributed by atoms with van der Waals surface area (Å²) in [4.78, 5) is 0. The highest BCUT2D eigenvalue weighted by Gasteiger charge is 2.24. The fraction of sp³-hybridized carbons (Fsp3) is 1.00. The normalized spacial score (nSPS) is 11.4. The molecule has 0 heterocycles. The Bertz CT molecular complexity index is 178. The lowest BCUT2D eigenvalue weighted by Crippen LogP contribution is -3.00. The molecule has 0 unspecified atom stereocenters. The molecule has 0 aliphatic rings. The lowest BCUT2D eigenvalue weighted by Gasteiger charge is -2.37. The smallest absolute Gasteiger partial charge is 0.180 e. The molecule has 0 aromatic heterocycles. The summed E-state index contributed by atoms with van der Waals surface area (Å²) in [7, 11) is 0. The molecule has 0 aromatic rings. The summed E-state index contributed by atoms with van der Waals surface area (Å²) in [6.07, 6.45) is 13.0. The first kappa shape index (κ1) is 22.7. The van der Waals surface area contributed by atoms with E-state index in [2.05, 4.69) is 20.8 Å². The van der Waals surface area contributed by atoms with E-state index in [4.69, 9.17) is 0 Å². The number of aliphatic hydroxyl groups excluding tert-OH is 1. The summed E-state index contributed by atoms with van der Waals surface area (Å²) in [6, 6.07) is 0. The third kappa shape index (κ3) is 11.1. The van der Waals surface area contributed by atoms with Crippen LogP contribution in [0.3, 0.4) is 0 Å². The molecule has 124 valence electrons. The fourth-order valence-electron chi connectivity index (χ4n) is 2.82. The van der Waals surface area contributed by atoms with Gasteiger partial charge in [-0.2, -0.15) is 0 Å². The molecule has 2 nitrogen and oxygen atoms in total. The minimum atomic E-state index is 0. The first-order chi connectivity index (χ1) is 9.24. The molecule has 3 heteroatoms. The third-order valence-corrected chi connectivity index (χ3v) is 4.26. The minimum absolute atomic E-state index is 0. The molecule has 0 aromatic carbocycles. The van der Waals surface area contributed by atoms with Gasteiger partial charge in [0, 0.05) is 0 Å². The van der Waals surface area contributed by atoms with Gasteiger partial charge in [0.25, 0.3) is 0 Å². The van der Waals surface area contributed by atoms with Crippen molar-refractivity contribution < 1.29 is 26.6 Å². The number of rotatable bonds is 14. The van der Waals surface area contributed by atoms with E-state index in [-0.39, 0.29) is 17.0 Å². The highest BCUT2D eigenvalue weighted by atomic mass is 79.9. The van der Waals surface area contributed by atoms with E-state index >= 15 is 0 Å². The van der Waals surface area contributed by atoms with Crippen LogP contribution in [0.15, 0.2) is 0 Å². The molecule has 0 rings (SSSR count). The van der Waals surface area contributed by atoms with E-state index in [0.717, 1.165) is 4.48 Å². The van der Waals surface area contributed by atoms with E-state index in [0.29, 0.717) is 6.73 Å². The number of halogens is 1. The van der Waals surface area contributed by atoms with E-state index in [1.54, 1.807) is 0 Å². The van der Waals surface area contributed by atoms with Gasteiger partial charge in [-0.25, -0.2) is 0 Å². The van der Waals surface area contributed by atoms with Crippen LogP contribution in [-0.2, 0) is 0 Å². The Kier molecular flexibility index (Phi) is 17.9. The van der Waals surface area contributed by atoms with Crippen molar-refractivity contribution in [3.8, 4) is 0 Å². The highest BCUT2D eigenvalue weighted by Crippen LogP contribution is 2.15. The van der Waals surface area contributed by atoms with Gasteiger partial charge in [-0.15, -0.1) is 0 Å². The largest absolute Gasteiger partial charge is 1.00 e. The zero-order valence-corrected chi connectivity index (χ0v) is 15.8. The third-order valence-electron chi connectivity index (χ3n) is 4.26. The summed E-state index contributed by atoms with van der Waals surface area (Å²) in [5.41, 5.74) is 0. The van der Waals surface area contributed by atoms with Crippen LogP contribution in [-0.4, -0.2) is 36.0 Å². The number of hydrogen-bond acceptors (Lipinski definition) is 1. The monoisotopic (exact) mass is 351 g/mol. The molecule has 0 saturated heterocycles. The lowest BCUT2D eigenvalue weighted by molar-refractivity contribution is -0.945. The zero-order valence-electron chi connectivity index (χ0n) is 14.2. The Morgan fingerprint density at radius 3 is 1.30 bits per heavy atom. The Hall–Kier alpha value is 0.400. The van der Waals surface area contributed by atoms with Crippen LogP contribution in [0.2, 0.25) is 0 Å². The van der Waals surface area contributed by atoms with Crippen LogP contribution in [0.25, 0.3) is 0 Å². The number of quaternary nitrogens is 1. The molecular weight excluding hydrogens is 314 g/mol. The number of unbranched alkanes of at least 4 members (excludes halogenated alkanes) is 7. The quantitative estimate of drug-likeness (QED) is 0.287. The van der Waals surface area contributed by atoms with Gasteiger partial charge in [0.15, 0.2) is 6.73 Å². The van der Waals surface area contributed by atoms with Crippen LogP contribution < -0.4 is 17.0 Å².